The van der Waals surface area contributed by atoms with Gasteiger partial charge in [0.2, 0.25) is 5.91 Å². The quantitative estimate of drug-likeness (QED) is 0.721. The van der Waals surface area contributed by atoms with E-state index in [2.05, 4.69) is 16.9 Å². The molecule has 0 aromatic heterocycles. The first-order valence-corrected chi connectivity index (χ1v) is 11.5. The normalized spacial score (nSPS) is 23.8. The molecule has 1 aliphatic carbocycles. The smallest absolute Gasteiger partial charge is 0.241 e. The maximum Gasteiger partial charge on any atom is 0.241 e. The third-order valence-corrected chi connectivity index (χ3v) is 7.04. The predicted octanol–water partition coefficient (Wildman–Crippen LogP) is 2.75. The molecule has 2 aromatic rings. The summed E-state index contributed by atoms with van der Waals surface area (Å²) in [4.78, 5) is 15.4. The number of rotatable bonds is 5. The van der Waals surface area contributed by atoms with Crippen molar-refractivity contribution in [3.63, 3.8) is 0 Å². The molecule has 33 heavy (non-hydrogen) atoms. The Kier molecular flexibility index (Phi) is 6.03. The molecule has 2 heterocycles. The molecule has 0 radical (unpaired) electrons. The number of nitrogens with one attached hydrogen (secondary N) is 2. The number of hydrogen-bond acceptors (Lipinski definition) is 7. The van der Waals surface area contributed by atoms with Crippen LogP contribution in [-0.4, -0.2) is 57.4 Å². The number of methoxy groups -OCH3 is 3. The fourth-order valence-corrected chi connectivity index (χ4v) is 5.32. The third kappa shape index (κ3) is 3.98. The molecule has 2 N–H and O–H groups in total. The minimum absolute atomic E-state index is 0.129. The monoisotopic (exact) mass is 453 g/mol. The SMILES string of the molecule is COc1ccc(-c2cc3c(c(OC)c2)OCCN(C(=O)C2NNC4CCCC42)C3)cc1OC. The van der Waals surface area contributed by atoms with Crippen LogP contribution in [0, 0.1) is 5.92 Å². The Morgan fingerprint density at radius 2 is 1.76 bits per heavy atom. The Morgan fingerprint density at radius 1 is 0.970 bits per heavy atom. The van der Waals surface area contributed by atoms with Crippen molar-refractivity contribution in [1.82, 2.24) is 15.8 Å². The lowest BCUT2D eigenvalue weighted by atomic mass is 9.96. The van der Waals surface area contributed by atoms with E-state index in [1.807, 2.05) is 29.2 Å². The number of carbonyl (C=O) groups is 1. The first kappa shape index (κ1) is 21.9. The summed E-state index contributed by atoms with van der Waals surface area (Å²) in [7, 11) is 4.88. The predicted molar refractivity (Wildman–Crippen MR) is 124 cm³/mol. The van der Waals surface area contributed by atoms with Gasteiger partial charge < -0.3 is 23.8 Å². The number of amides is 1. The zero-order valence-electron chi connectivity index (χ0n) is 19.3. The van der Waals surface area contributed by atoms with Crippen LogP contribution in [0.15, 0.2) is 30.3 Å². The molecule has 0 spiro atoms. The van der Waals surface area contributed by atoms with E-state index in [1.165, 1.54) is 6.42 Å². The van der Waals surface area contributed by atoms with E-state index in [4.69, 9.17) is 18.9 Å². The number of benzene rings is 2. The van der Waals surface area contributed by atoms with E-state index in [9.17, 15) is 4.79 Å². The molecular weight excluding hydrogens is 422 g/mol. The van der Waals surface area contributed by atoms with Crippen molar-refractivity contribution < 1.29 is 23.7 Å². The van der Waals surface area contributed by atoms with Crippen LogP contribution in [0.1, 0.15) is 24.8 Å². The minimum Gasteiger partial charge on any atom is -0.493 e. The van der Waals surface area contributed by atoms with Crippen LogP contribution in [-0.2, 0) is 11.3 Å². The summed E-state index contributed by atoms with van der Waals surface area (Å²) in [5.41, 5.74) is 9.43. The van der Waals surface area contributed by atoms with E-state index in [1.54, 1.807) is 21.3 Å². The Bertz CT molecular complexity index is 1040. The molecule has 1 saturated carbocycles. The standard InChI is InChI=1S/C25H31N3O5/c1-30-20-8-7-15(12-21(20)31-2)16-11-17-14-28(9-10-33-24(17)22(13-16)32-3)25(29)23-18-5-4-6-19(18)26-27-23/h7-8,11-13,18-19,23,26-27H,4-6,9-10,14H2,1-3H3. The van der Waals surface area contributed by atoms with Crippen molar-refractivity contribution in [2.45, 2.75) is 37.9 Å². The zero-order valence-corrected chi connectivity index (χ0v) is 19.3. The van der Waals surface area contributed by atoms with Crippen molar-refractivity contribution in [2.75, 3.05) is 34.5 Å². The molecule has 3 aliphatic rings. The lowest BCUT2D eigenvalue weighted by molar-refractivity contribution is -0.134. The average molecular weight is 454 g/mol. The van der Waals surface area contributed by atoms with E-state index < -0.39 is 0 Å². The summed E-state index contributed by atoms with van der Waals surface area (Å²) >= 11 is 0. The molecular formula is C25H31N3O5. The molecule has 5 rings (SSSR count). The van der Waals surface area contributed by atoms with Crippen molar-refractivity contribution >= 4 is 5.91 Å². The van der Waals surface area contributed by atoms with Gasteiger partial charge in [0, 0.05) is 24.1 Å². The largest absolute Gasteiger partial charge is 0.493 e. The van der Waals surface area contributed by atoms with E-state index in [-0.39, 0.29) is 11.9 Å². The maximum absolute atomic E-state index is 13.5. The Morgan fingerprint density at radius 3 is 2.55 bits per heavy atom. The first-order chi connectivity index (χ1) is 16.1. The second-order valence-electron chi connectivity index (χ2n) is 8.81. The van der Waals surface area contributed by atoms with Gasteiger partial charge in [0.25, 0.3) is 0 Å². The number of hydrazine groups is 1. The number of hydrogen-bond donors (Lipinski definition) is 2. The molecule has 8 nitrogen and oxygen atoms in total. The Labute approximate surface area is 194 Å². The van der Waals surface area contributed by atoms with E-state index >= 15 is 0 Å². The lowest BCUT2D eigenvalue weighted by Gasteiger charge is -2.26. The van der Waals surface area contributed by atoms with E-state index in [0.29, 0.717) is 54.7 Å². The topological polar surface area (TPSA) is 81.3 Å². The fraction of sp³-hybridized carbons (Fsp3) is 0.480. The fourth-order valence-electron chi connectivity index (χ4n) is 5.32. The van der Waals surface area contributed by atoms with Gasteiger partial charge in [0.15, 0.2) is 23.0 Å². The molecule has 1 saturated heterocycles. The molecule has 0 bridgehead atoms. The summed E-state index contributed by atoms with van der Waals surface area (Å²) in [6.45, 7) is 1.44. The van der Waals surface area contributed by atoms with E-state index in [0.717, 1.165) is 29.5 Å². The van der Waals surface area contributed by atoms with Gasteiger partial charge in [0.1, 0.15) is 12.6 Å². The summed E-state index contributed by atoms with van der Waals surface area (Å²) in [5.74, 6) is 3.17. The van der Waals surface area contributed by atoms with Gasteiger partial charge in [-0.2, -0.15) is 0 Å². The van der Waals surface area contributed by atoms with Crippen LogP contribution in [0.4, 0.5) is 0 Å². The van der Waals surface area contributed by atoms with Crippen molar-refractivity contribution in [3.05, 3.63) is 35.9 Å². The highest BCUT2D eigenvalue weighted by Crippen LogP contribution is 2.41. The molecule has 2 aromatic carbocycles. The van der Waals surface area contributed by atoms with Crippen LogP contribution in [0.25, 0.3) is 11.1 Å². The van der Waals surface area contributed by atoms with Gasteiger partial charge >= 0.3 is 0 Å². The second kappa shape index (κ2) is 9.11. The Balaban J connectivity index is 1.46. The minimum atomic E-state index is -0.185. The molecule has 8 heteroatoms. The highest BCUT2D eigenvalue weighted by molar-refractivity contribution is 5.83. The number of nitrogens with zero attached hydrogens (tertiary/aromatic N) is 1. The molecule has 3 atom stereocenters. The molecule has 2 fully saturated rings. The molecule has 2 aliphatic heterocycles. The van der Waals surface area contributed by atoms with Gasteiger partial charge in [-0.1, -0.05) is 12.5 Å². The first-order valence-electron chi connectivity index (χ1n) is 11.5. The van der Waals surface area contributed by atoms with Crippen LogP contribution < -0.4 is 29.8 Å². The van der Waals surface area contributed by atoms with Gasteiger partial charge in [-0.25, -0.2) is 5.43 Å². The summed E-state index contributed by atoms with van der Waals surface area (Å²) in [5, 5.41) is 0. The van der Waals surface area contributed by atoms with Crippen molar-refractivity contribution in [3.8, 4) is 34.1 Å². The van der Waals surface area contributed by atoms with Crippen LogP contribution >= 0.6 is 0 Å². The maximum atomic E-state index is 13.5. The molecule has 3 unspecified atom stereocenters. The number of carbonyl (C=O) groups excluding carboxylic acids is 1. The number of ether oxygens (including phenoxy) is 4. The lowest BCUT2D eigenvalue weighted by Crippen LogP contribution is -2.48. The summed E-state index contributed by atoms with van der Waals surface area (Å²) in [6.07, 6.45) is 3.38. The van der Waals surface area contributed by atoms with Crippen LogP contribution in [0.5, 0.6) is 23.0 Å². The third-order valence-electron chi connectivity index (χ3n) is 7.04. The second-order valence-corrected chi connectivity index (χ2v) is 8.81. The van der Waals surface area contributed by atoms with Crippen molar-refractivity contribution in [2.24, 2.45) is 5.92 Å². The molecule has 176 valence electrons. The average Bonchev–Trinajstić information content (AvgIpc) is 3.40. The van der Waals surface area contributed by atoms with Gasteiger partial charge in [-0.3, -0.25) is 10.2 Å². The highest BCUT2D eigenvalue weighted by Gasteiger charge is 2.44. The van der Waals surface area contributed by atoms with Gasteiger partial charge in [-0.05, 0) is 48.2 Å². The van der Waals surface area contributed by atoms with Crippen LogP contribution in [0.3, 0.4) is 0 Å². The summed E-state index contributed by atoms with van der Waals surface area (Å²) < 4.78 is 22.6. The van der Waals surface area contributed by atoms with Gasteiger partial charge in [-0.15, -0.1) is 0 Å². The highest BCUT2D eigenvalue weighted by atomic mass is 16.5. The zero-order chi connectivity index (χ0) is 22.9. The van der Waals surface area contributed by atoms with Gasteiger partial charge in [0.05, 0.1) is 27.9 Å². The Hall–Kier alpha value is -2.97. The summed E-state index contributed by atoms with van der Waals surface area (Å²) in [6, 6.07) is 10.1. The molecule has 1 amide bonds. The van der Waals surface area contributed by atoms with Crippen molar-refractivity contribution in [1.29, 1.82) is 0 Å². The van der Waals surface area contributed by atoms with Crippen LogP contribution in [0.2, 0.25) is 0 Å². The number of fused-ring (bicyclic) bond motifs is 2.